The Hall–Kier alpha value is -0.600. The minimum absolute atomic E-state index is 0.443. The number of hydrogen-bond donors (Lipinski definition) is 1. The van der Waals surface area contributed by atoms with Crippen molar-refractivity contribution in [2.75, 3.05) is 0 Å². The number of pyridine rings is 1. The predicted molar refractivity (Wildman–Crippen MR) is 44.5 cm³/mol. The molecule has 0 saturated carbocycles. The molecule has 0 fully saturated rings. The summed E-state index contributed by atoms with van der Waals surface area (Å²) in [4.78, 5) is 3.85. The molecule has 0 aromatic carbocycles. The zero-order valence-corrected chi connectivity index (χ0v) is 7.26. The lowest BCUT2D eigenvalue weighted by Crippen LogP contribution is -2.15. The van der Waals surface area contributed by atoms with Crippen molar-refractivity contribution in [1.29, 1.82) is 0 Å². The SMILES string of the molecule is CC(C)(O)c1ccc(Cl)nc1. The van der Waals surface area contributed by atoms with Crippen molar-refractivity contribution in [2.24, 2.45) is 0 Å². The van der Waals surface area contributed by atoms with Gasteiger partial charge in [-0.2, -0.15) is 0 Å². The lowest BCUT2D eigenvalue weighted by atomic mass is 10.0. The quantitative estimate of drug-likeness (QED) is 0.656. The number of nitrogens with zero attached hydrogens (tertiary/aromatic N) is 1. The van der Waals surface area contributed by atoms with Crippen LogP contribution in [0, 0.1) is 0 Å². The van der Waals surface area contributed by atoms with Crippen LogP contribution in [-0.4, -0.2) is 10.1 Å². The van der Waals surface area contributed by atoms with E-state index in [1.165, 1.54) is 0 Å². The highest BCUT2D eigenvalue weighted by molar-refractivity contribution is 6.29. The molecule has 0 spiro atoms. The van der Waals surface area contributed by atoms with Crippen LogP contribution in [0.3, 0.4) is 0 Å². The Morgan fingerprint density at radius 2 is 2.09 bits per heavy atom. The van der Waals surface area contributed by atoms with Gasteiger partial charge in [0.15, 0.2) is 0 Å². The van der Waals surface area contributed by atoms with Crippen LogP contribution in [-0.2, 0) is 5.60 Å². The van der Waals surface area contributed by atoms with Crippen LogP contribution in [0.5, 0.6) is 0 Å². The average molecular weight is 172 g/mol. The van der Waals surface area contributed by atoms with Gasteiger partial charge in [0.2, 0.25) is 0 Å². The summed E-state index contributed by atoms with van der Waals surface area (Å²) in [7, 11) is 0. The van der Waals surface area contributed by atoms with Gasteiger partial charge in [0, 0.05) is 11.8 Å². The third-order valence-corrected chi connectivity index (χ3v) is 1.66. The molecule has 3 heteroatoms. The molecule has 1 aromatic heterocycles. The Kier molecular flexibility index (Phi) is 2.16. The van der Waals surface area contributed by atoms with Crippen molar-refractivity contribution in [3.8, 4) is 0 Å². The smallest absolute Gasteiger partial charge is 0.129 e. The predicted octanol–water partition coefficient (Wildman–Crippen LogP) is 1.96. The van der Waals surface area contributed by atoms with Crippen LogP contribution in [0.4, 0.5) is 0 Å². The van der Waals surface area contributed by atoms with Crippen LogP contribution >= 0.6 is 11.6 Å². The normalized spacial score (nSPS) is 11.6. The number of rotatable bonds is 1. The van der Waals surface area contributed by atoms with E-state index >= 15 is 0 Å². The van der Waals surface area contributed by atoms with Crippen LogP contribution < -0.4 is 0 Å². The number of halogens is 1. The monoisotopic (exact) mass is 171 g/mol. The highest BCUT2D eigenvalue weighted by Gasteiger charge is 2.15. The van der Waals surface area contributed by atoms with Gasteiger partial charge in [-0.25, -0.2) is 4.98 Å². The minimum Gasteiger partial charge on any atom is -0.386 e. The third kappa shape index (κ3) is 2.17. The Labute approximate surface area is 70.8 Å². The fraction of sp³-hybridized carbons (Fsp3) is 0.375. The lowest BCUT2D eigenvalue weighted by Gasteiger charge is -2.16. The molecule has 0 unspecified atom stereocenters. The molecule has 0 bridgehead atoms. The summed E-state index contributed by atoms with van der Waals surface area (Å²) >= 11 is 5.57. The molecule has 1 heterocycles. The van der Waals surface area contributed by atoms with Crippen LogP contribution in [0.25, 0.3) is 0 Å². The van der Waals surface area contributed by atoms with Crippen molar-refractivity contribution in [1.82, 2.24) is 4.98 Å². The van der Waals surface area contributed by atoms with Crippen molar-refractivity contribution in [2.45, 2.75) is 19.4 Å². The van der Waals surface area contributed by atoms with Crippen molar-refractivity contribution in [3.05, 3.63) is 29.0 Å². The summed E-state index contributed by atoms with van der Waals surface area (Å²) in [5.41, 5.74) is -0.0701. The van der Waals surface area contributed by atoms with E-state index in [-0.39, 0.29) is 0 Å². The summed E-state index contributed by atoms with van der Waals surface area (Å²) in [6.07, 6.45) is 1.57. The maximum Gasteiger partial charge on any atom is 0.129 e. The van der Waals surface area contributed by atoms with Crippen LogP contribution in [0.1, 0.15) is 19.4 Å². The van der Waals surface area contributed by atoms with Crippen LogP contribution in [0.2, 0.25) is 5.15 Å². The van der Waals surface area contributed by atoms with Crippen molar-refractivity contribution < 1.29 is 5.11 Å². The summed E-state index contributed by atoms with van der Waals surface area (Å²) < 4.78 is 0. The minimum atomic E-state index is -0.836. The molecule has 1 rings (SSSR count). The standard InChI is InChI=1S/C8H10ClNO/c1-8(2,11)6-3-4-7(9)10-5-6/h3-5,11H,1-2H3. The second-order valence-corrected chi connectivity index (χ2v) is 3.32. The molecule has 0 saturated heterocycles. The summed E-state index contributed by atoms with van der Waals surface area (Å²) in [5, 5.41) is 9.94. The zero-order valence-electron chi connectivity index (χ0n) is 6.50. The molecule has 0 amide bonds. The van der Waals surface area contributed by atoms with E-state index in [0.717, 1.165) is 5.56 Å². The first-order valence-corrected chi connectivity index (χ1v) is 3.72. The summed E-state index contributed by atoms with van der Waals surface area (Å²) in [6.45, 7) is 3.41. The summed E-state index contributed by atoms with van der Waals surface area (Å²) in [6, 6.07) is 3.42. The number of aromatic nitrogens is 1. The Morgan fingerprint density at radius 3 is 2.45 bits per heavy atom. The van der Waals surface area contributed by atoms with Crippen molar-refractivity contribution >= 4 is 11.6 Å². The van der Waals surface area contributed by atoms with Gasteiger partial charge in [0.25, 0.3) is 0 Å². The molecule has 2 nitrogen and oxygen atoms in total. The Bertz CT molecular complexity index is 237. The van der Waals surface area contributed by atoms with E-state index in [1.807, 2.05) is 0 Å². The lowest BCUT2D eigenvalue weighted by molar-refractivity contribution is 0.0782. The maximum absolute atomic E-state index is 9.50. The second-order valence-electron chi connectivity index (χ2n) is 2.93. The topological polar surface area (TPSA) is 33.1 Å². The van der Waals surface area contributed by atoms with Gasteiger partial charge in [0.05, 0.1) is 5.60 Å². The van der Waals surface area contributed by atoms with Crippen molar-refractivity contribution in [3.63, 3.8) is 0 Å². The highest BCUT2D eigenvalue weighted by Crippen LogP contribution is 2.19. The van der Waals surface area contributed by atoms with Gasteiger partial charge in [-0.3, -0.25) is 0 Å². The van der Waals surface area contributed by atoms with E-state index in [9.17, 15) is 5.11 Å². The first kappa shape index (κ1) is 8.50. The van der Waals surface area contributed by atoms with Gasteiger partial charge in [0.1, 0.15) is 5.15 Å². The molecule has 0 aliphatic heterocycles. The number of hydrogen-bond acceptors (Lipinski definition) is 2. The second kappa shape index (κ2) is 2.80. The van der Waals surface area contributed by atoms with E-state index in [4.69, 9.17) is 11.6 Å². The molecule has 1 N–H and O–H groups in total. The molecular weight excluding hydrogens is 162 g/mol. The molecular formula is C8H10ClNO. The maximum atomic E-state index is 9.50. The average Bonchev–Trinajstić information content (AvgIpc) is 1.86. The molecule has 11 heavy (non-hydrogen) atoms. The third-order valence-electron chi connectivity index (χ3n) is 1.43. The van der Waals surface area contributed by atoms with Gasteiger partial charge < -0.3 is 5.11 Å². The number of aliphatic hydroxyl groups is 1. The molecule has 1 aromatic rings. The van der Waals surface area contributed by atoms with Gasteiger partial charge in [-0.05, 0) is 19.9 Å². The molecule has 0 atom stereocenters. The Morgan fingerprint density at radius 1 is 1.45 bits per heavy atom. The molecule has 60 valence electrons. The molecule has 0 aliphatic rings. The molecule has 0 aliphatic carbocycles. The summed E-state index contributed by atoms with van der Waals surface area (Å²) in [5.74, 6) is 0. The first-order chi connectivity index (χ1) is 5.00. The van der Waals surface area contributed by atoms with Gasteiger partial charge in [-0.1, -0.05) is 17.7 Å². The molecule has 0 radical (unpaired) electrons. The zero-order chi connectivity index (χ0) is 8.48. The van der Waals surface area contributed by atoms with Gasteiger partial charge >= 0.3 is 0 Å². The highest BCUT2D eigenvalue weighted by atomic mass is 35.5. The fourth-order valence-electron chi connectivity index (χ4n) is 0.738. The van der Waals surface area contributed by atoms with Gasteiger partial charge in [-0.15, -0.1) is 0 Å². The Balaban J connectivity index is 2.99. The van der Waals surface area contributed by atoms with Crippen LogP contribution in [0.15, 0.2) is 18.3 Å². The fourth-order valence-corrected chi connectivity index (χ4v) is 0.850. The first-order valence-electron chi connectivity index (χ1n) is 3.34. The van der Waals surface area contributed by atoms with E-state index in [0.29, 0.717) is 5.15 Å². The van der Waals surface area contributed by atoms with E-state index < -0.39 is 5.60 Å². The van der Waals surface area contributed by atoms with E-state index in [1.54, 1.807) is 32.2 Å². The largest absolute Gasteiger partial charge is 0.386 e. The van der Waals surface area contributed by atoms with E-state index in [2.05, 4.69) is 4.98 Å².